The molecule has 6 heteroatoms. The average molecular weight is 297 g/mol. The number of nitrogens with one attached hydrogen (secondary N) is 1. The van der Waals surface area contributed by atoms with E-state index in [1.54, 1.807) is 6.92 Å². The van der Waals surface area contributed by atoms with Crippen molar-refractivity contribution in [2.24, 2.45) is 5.73 Å². The van der Waals surface area contributed by atoms with Gasteiger partial charge < -0.3 is 11.1 Å². The second-order valence-corrected chi connectivity index (χ2v) is 5.57. The van der Waals surface area contributed by atoms with Crippen molar-refractivity contribution >= 4 is 5.91 Å². The maximum Gasteiger partial charge on any atom is 0.236 e. The lowest BCUT2D eigenvalue weighted by atomic mass is 10.0. The lowest BCUT2D eigenvalue weighted by Gasteiger charge is -2.33. The van der Waals surface area contributed by atoms with Crippen molar-refractivity contribution in [2.45, 2.75) is 38.4 Å². The van der Waals surface area contributed by atoms with Crippen molar-refractivity contribution in [2.75, 3.05) is 13.1 Å². The van der Waals surface area contributed by atoms with Gasteiger partial charge in [-0.1, -0.05) is 6.07 Å². The van der Waals surface area contributed by atoms with E-state index in [2.05, 4.69) is 5.32 Å². The number of nitrogens with zero attached hydrogens (tertiary/aromatic N) is 1. The monoisotopic (exact) mass is 297 g/mol. The largest absolute Gasteiger partial charge is 0.351 e. The van der Waals surface area contributed by atoms with Gasteiger partial charge in [-0.3, -0.25) is 9.69 Å². The molecule has 1 heterocycles. The standard InChI is InChI=1S/C15H21F2N3O/c1-10(18)15(21)19-11-4-3-7-20(8-11)9-12-13(16)5-2-6-14(12)17/h2,5-6,10-11H,3-4,7-9,18H2,1H3,(H,19,21). The van der Waals surface area contributed by atoms with Gasteiger partial charge in [-0.2, -0.15) is 0 Å². The van der Waals surface area contributed by atoms with Crippen LogP contribution in [0.5, 0.6) is 0 Å². The first-order valence-electron chi connectivity index (χ1n) is 7.18. The maximum absolute atomic E-state index is 13.7. The molecular weight excluding hydrogens is 276 g/mol. The Hall–Kier alpha value is -1.53. The summed E-state index contributed by atoms with van der Waals surface area (Å²) in [4.78, 5) is 13.6. The maximum atomic E-state index is 13.7. The lowest BCUT2D eigenvalue weighted by molar-refractivity contribution is -0.123. The Morgan fingerprint density at radius 3 is 2.76 bits per heavy atom. The number of benzene rings is 1. The van der Waals surface area contributed by atoms with Crippen LogP contribution in [0.2, 0.25) is 0 Å². The highest BCUT2D eigenvalue weighted by atomic mass is 19.1. The highest BCUT2D eigenvalue weighted by Gasteiger charge is 2.23. The number of amides is 1. The van der Waals surface area contributed by atoms with E-state index >= 15 is 0 Å². The SMILES string of the molecule is CC(N)C(=O)NC1CCCN(Cc2c(F)cccc2F)C1. The van der Waals surface area contributed by atoms with E-state index in [-0.39, 0.29) is 24.1 Å². The molecule has 0 spiro atoms. The Bertz CT molecular complexity index is 487. The van der Waals surface area contributed by atoms with Crippen LogP contribution in [0.15, 0.2) is 18.2 Å². The minimum absolute atomic E-state index is 0.0212. The molecule has 1 amide bonds. The molecule has 0 aromatic heterocycles. The van der Waals surface area contributed by atoms with Crippen molar-refractivity contribution in [3.05, 3.63) is 35.4 Å². The third-order valence-electron chi connectivity index (χ3n) is 3.71. The Morgan fingerprint density at radius 1 is 1.48 bits per heavy atom. The number of rotatable bonds is 4. The average Bonchev–Trinajstić information content (AvgIpc) is 2.43. The van der Waals surface area contributed by atoms with Crippen molar-refractivity contribution < 1.29 is 13.6 Å². The van der Waals surface area contributed by atoms with Crippen LogP contribution < -0.4 is 11.1 Å². The summed E-state index contributed by atoms with van der Waals surface area (Å²) >= 11 is 0. The molecule has 0 aliphatic carbocycles. The first-order chi connectivity index (χ1) is 9.97. The molecule has 1 aliphatic rings. The van der Waals surface area contributed by atoms with Gasteiger partial charge >= 0.3 is 0 Å². The fourth-order valence-electron chi connectivity index (χ4n) is 2.56. The van der Waals surface area contributed by atoms with E-state index in [0.717, 1.165) is 19.4 Å². The molecule has 116 valence electrons. The van der Waals surface area contributed by atoms with Crippen molar-refractivity contribution in [1.29, 1.82) is 0 Å². The fourth-order valence-corrected chi connectivity index (χ4v) is 2.56. The predicted molar refractivity (Wildman–Crippen MR) is 76.4 cm³/mol. The van der Waals surface area contributed by atoms with Gasteiger partial charge in [0.25, 0.3) is 0 Å². The van der Waals surface area contributed by atoms with E-state index < -0.39 is 17.7 Å². The predicted octanol–water partition coefficient (Wildman–Crippen LogP) is 1.39. The number of carbonyl (C=O) groups excluding carboxylic acids is 1. The topological polar surface area (TPSA) is 58.4 Å². The summed E-state index contributed by atoms with van der Waals surface area (Å²) in [6.07, 6.45) is 1.73. The van der Waals surface area contributed by atoms with Crippen LogP contribution in [-0.2, 0) is 11.3 Å². The number of hydrogen-bond donors (Lipinski definition) is 2. The van der Waals surface area contributed by atoms with E-state index in [9.17, 15) is 13.6 Å². The van der Waals surface area contributed by atoms with Crippen molar-refractivity contribution in [3.63, 3.8) is 0 Å². The van der Waals surface area contributed by atoms with Crippen LogP contribution in [0.1, 0.15) is 25.3 Å². The fraction of sp³-hybridized carbons (Fsp3) is 0.533. The molecule has 2 unspecified atom stereocenters. The van der Waals surface area contributed by atoms with Gasteiger partial charge in [0, 0.05) is 24.7 Å². The number of carbonyl (C=O) groups is 1. The molecule has 1 aromatic rings. The third-order valence-corrected chi connectivity index (χ3v) is 3.71. The zero-order valence-electron chi connectivity index (χ0n) is 12.1. The molecule has 0 saturated carbocycles. The number of nitrogens with two attached hydrogens (primary N) is 1. The first-order valence-corrected chi connectivity index (χ1v) is 7.18. The van der Waals surface area contributed by atoms with E-state index in [4.69, 9.17) is 5.73 Å². The molecule has 2 atom stereocenters. The minimum atomic E-state index is -0.551. The molecule has 0 radical (unpaired) electrons. The van der Waals surface area contributed by atoms with Gasteiger partial charge in [0.1, 0.15) is 11.6 Å². The Labute approximate surface area is 123 Å². The van der Waals surface area contributed by atoms with Crippen LogP contribution in [0.25, 0.3) is 0 Å². The van der Waals surface area contributed by atoms with Crippen LogP contribution in [0.4, 0.5) is 8.78 Å². The molecule has 0 bridgehead atoms. The molecule has 21 heavy (non-hydrogen) atoms. The third kappa shape index (κ3) is 4.22. The van der Waals surface area contributed by atoms with Crippen LogP contribution >= 0.6 is 0 Å². The van der Waals surface area contributed by atoms with Crippen LogP contribution in [0.3, 0.4) is 0 Å². The van der Waals surface area contributed by atoms with Gasteiger partial charge in [0.2, 0.25) is 5.91 Å². The van der Waals surface area contributed by atoms with E-state index in [1.165, 1.54) is 18.2 Å². The van der Waals surface area contributed by atoms with Gasteiger partial charge in [0.15, 0.2) is 0 Å². The molecule has 1 aliphatic heterocycles. The molecule has 1 fully saturated rings. The van der Waals surface area contributed by atoms with Crippen molar-refractivity contribution in [3.8, 4) is 0 Å². The normalized spacial score (nSPS) is 21.0. The molecule has 4 nitrogen and oxygen atoms in total. The van der Waals surface area contributed by atoms with Gasteiger partial charge in [-0.05, 0) is 38.4 Å². The number of piperidine rings is 1. The number of halogens is 2. The number of likely N-dealkylation sites (tertiary alicyclic amines) is 1. The summed E-state index contributed by atoms with van der Waals surface area (Å²) in [5.41, 5.74) is 5.61. The second-order valence-electron chi connectivity index (χ2n) is 5.57. The summed E-state index contributed by atoms with van der Waals surface area (Å²) in [7, 11) is 0. The van der Waals surface area contributed by atoms with Gasteiger partial charge in [0.05, 0.1) is 6.04 Å². The van der Waals surface area contributed by atoms with Gasteiger partial charge in [-0.15, -0.1) is 0 Å². The summed E-state index contributed by atoms with van der Waals surface area (Å²) in [5.74, 6) is -1.26. The molecule has 1 saturated heterocycles. The van der Waals surface area contributed by atoms with Crippen molar-refractivity contribution in [1.82, 2.24) is 10.2 Å². The molecule has 2 rings (SSSR count). The van der Waals surface area contributed by atoms with Gasteiger partial charge in [-0.25, -0.2) is 8.78 Å². The lowest BCUT2D eigenvalue weighted by Crippen LogP contribution is -2.51. The van der Waals surface area contributed by atoms with Crippen LogP contribution in [0, 0.1) is 11.6 Å². The zero-order chi connectivity index (χ0) is 15.4. The summed E-state index contributed by atoms with van der Waals surface area (Å²) < 4.78 is 27.3. The first kappa shape index (κ1) is 15.9. The molecule has 3 N–H and O–H groups in total. The Balaban J connectivity index is 1.97. The smallest absolute Gasteiger partial charge is 0.236 e. The van der Waals surface area contributed by atoms with E-state index in [1.807, 2.05) is 4.90 Å². The highest BCUT2D eigenvalue weighted by Crippen LogP contribution is 2.18. The second kappa shape index (κ2) is 6.95. The highest BCUT2D eigenvalue weighted by molar-refractivity contribution is 5.81. The number of hydrogen-bond acceptors (Lipinski definition) is 3. The zero-order valence-corrected chi connectivity index (χ0v) is 12.1. The quantitative estimate of drug-likeness (QED) is 0.883. The molecular formula is C15H21F2N3O. The summed E-state index contributed by atoms with van der Waals surface area (Å²) in [6.45, 7) is 3.18. The van der Waals surface area contributed by atoms with Crippen LogP contribution in [-0.4, -0.2) is 36.0 Å². The summed E-state index contributed by atoms with van der Waals surface area (Å²) in [5, 5.41) is 2.87. The Kier molecular flexibility index (Phi) is 5.25. The minimum Gasteiger partial charge on any atom is -0.351 e. The van der Waals surface area contributed by atoms with E-state index in [0.29, 0.717) is 6.54 Å². The summed E-state index contributed by atoms with van der Waals surface area (Å²) in [6, 6.07) is 3.31. The molecule has 1 aromatic carbocycles. The Morgan fingerprint density at radius 2 is 2.14 bits per heavy atom.